The molecule has 7 heteroatoms. The Balaban J connectivity index is 2.02. The van der Waals surface area contributed by atoms with Crippen molar-refractivity contribution in [1.82, 2.24) is 8.61 Å². The lowest BCUT2D eigenvalue weighted by Crippen LogP contribution is -2.51. The molecule has 1 heterocycles. The molecule has 1 aliphatic rings. The van der Waals surface area contributed by atoms with E-state index in [2.05, 4.69) is 4.90 Å². The van der Waals surface area contributed by atoms with Crippen molar-refractivity contribution in [3.63, 3.8) is 0 Å². The van der Waals surface area contributed by atoms with Crippen LogP contribution in [0.3, 0.4) is 0 Å². The molecule has 1 fully saturated rings. The predicted octanol–water partition coefficient (Wildman–Crippen LogP) is 0.197. The van der Waals surface area contributed by atoms with Crippen LogP contribution in [0.25, 0.3) is 0 Å². The van der Waals surface area contributed by atoms with Crippen molar-refractivity contribution in [3.8, 4) is 0 Å². The van der Waals surface area contributed by atoms with Gasteiger partial charge in [0.05, 0.1) is 0 Å². The van der Waals surface area contributed by atoms with Crippen LogP contribution in [0.2, 0.25) is 0 Å². The van der Waals surface area contributed by atoms with Crippen molar-refractivity contribution in [2.24, 2.45) is 0 Å². The number of piperazine rings is 1. The minimum absolute atomic E-state index is 0.505. The first kappa shape index (κ1) is 14.1. The van der Waals surface area contributed by atoms with Crippen LogP contribution < -0.4 is 10.6 Å². The molecule has 1 saturated heterocycles. The van der Waals surface area contributed by atoms with Crippen LogP contribution in [-0.2, 0) is 10.2 Å². The Kier molecular flexibility index (Phi) is 3.98. The van der Waals surface area contributed by atoms with E-state index in [9.17, 15) is 8.42 Å². The van der Waals surface area contributed by atoms with Crippen LogP contribution in [0, 0.1) is 0 Å². The Morgan fingerprint density at radius 3 is 2.05 bits per heavy atom. The fourth-order valence-electron chi connectivity index (χ4n) is 2.09. The summed E-state index contributed by atoms with van der Waals surface area (Å²) < 4.78 is 26.8. The summed E-state index contributed by atoms with van der Waals surface area (Å²) in [5.74, 6) is 0. The van der Waals surface area contributed by atoms with Crippen LogP contribution in [0.1, 0.15) is 0 Å². The van der Waals surface area contributed by atoms with E-state index in [1.807, 2.05) is 24.3 Å². The predicted molar refractivity (Wildman–Crippen MR) is 77.2 cm³/mol. The Morgan fingerprint density at radius 1 is 1.05 bits per heavy atom. The van der Waals surface area contributed by atoms with Gasteiger partial charge in [-0.05, 0) is 24.3 Å². The topological polar surface area (TPSA) is 69.9 Å². The van der Waals surface area contributed by atoms with Gasteiger partial charge in [-0.15, -0.1) is 0 Å². The smallest absolute Gasteiger partial charge is 0.281 e. The third kappa shape index (κ3) is 2.99. The van der Waals surface area contributed by atoms with E-state index in [1.54, 1.807) is 14.1 Å². The quantitative estimate of drug-likeness (QED) is 0.805. The lowest BCUT2D eigenvalue weighted by atomic mass is 10.2. The van der Waals surface area contributed by atoms with Gasteiger partial charge in [0.2, 0.25) is 0 Å². The number of nitrogens with zero attached hydrogens (tertiary/aromatic N) is 3. The largest absolute Gasteiger partial charge is 0.399 e. The standard InChI is InChI=1S/C12H20N4O2S/c1-14(2)19(17,18)16-9-7-15(8-10-16)12-5-3-11(13)4-6-12/h3-6H,7-10,13H2,1-2H3. The molecule has 1 aromatic carbocycles. The molecular formula is C12H20N4O2S. The monoisotopic (exact) mass is 284 g/mol. The first-order chi connectivity index (χ1) is 8.91. The molecular weight excluding hydrogens is 264 g/mol. The van der Waals surface area contributed by atoms with E-state index in [0.29, 0.717) is 26.2 Å². The molecule has 0 amide bonds. The fourth-order valence-corrected chi connectivity index (χ4v) is 3.18. The molecule has 0 radical (unpaired) electrons. The minimum atomic E-state index is -3.29. The van der Waals surface area contributed by atoms with Crippen LogP contribution in [0.5, 0.6) is 0 Å². The van der Waals surface area contributed by atoms with Gasteiger partial charge in [-0.3, -0.25) is 0 Å². The zero-order valence-electron chi connectivity index (χ0n) is 11.3. The first-order valence-electron chi connectivity index (χ1n) is 6.19. The van der Waals surface area contributed by atoms with Crippen LogP contribution in [-0.4, -0.2) is 57.3 Å². The van der Waals surface area contributed by atoms with Gasteiger partial charge < -0.3 is 10.6 Å². The van der Waals surface area contributed by atoms with Crippen molar-refractivity contribution in [2.45, 2.75) is 0 Å². The number of hydrogen-bond donors (Lipinski definition) is 1. The Bertz CT molecular complexity index is 519. The molecule has 19 heavy (non-hydrogen) atoms. The maximum Gasteiger partial charge on any atom is 0.281 e. The van der Waals surface area contributed by atoms with Gasteiger partial charge in [-0.1, -0.05) is 0 Å². The highest BCUT2D eigenvalue weighted by Crippen LogP contribution is 2.19. The highest BCUT2D eigenvalue weighted by atomic mass is 32.2. The number of anilines is 2. The van der Waals surface area contributed by atoms with Crippen molar-refractivity contribution < 1.29 is 8.42 Å². The second-order valence-corrected chi connectivity index (χ2v) is 6.91. The Hall–Kier alpha value is -1.31. The molecule has 1 aromatic rings. The maximum absolute atomic E-state index is 12.0. The van der Waals surface area contributed by atoms with Gasteiger partial charge in [-0.2, -0.15) is 17.0 Å². The molecule has 0 bridgehead atoms. The molecule has 106 valence electrons. The lowest BCUT2D eigenvalue weighted by Gasteiger charge is -2.36. The molecule has 0 saturated carbocycles. The van der Waals surface area contributed by atoms with E-state index >= 15 is 0 Å². The number of nitrogen functional groups attached to an aromatic ring is 1. The summed E-state index contributed by atoms with van der Waals surface area (Å²) in [6.07, 6.45) is 0. The summed E-state index contributed by atoms with van der Waals surface area (Å²) >= 11 is 0. The second kappa shape index (κ2) is 5.36. The van der Waals surface area contributed by atoms with Crippen LogP contribution >= 0.6 is 0 Å². The number of benzene rings is 1. The van der Waals surface area contributed by atoms with Gasteiger partial charge in [0.25, 0.3) is 10.2 Å². The number of hydrogen-bond acceptors (Lipinski definition) is 4. The lowest BCUT2D eigenvalue weighted by molar-refractivity contribution is 0.355. The second-order valence-electron chi connectivity index (χ2n) is 4.77. The molecule has 0 aliphatic carbocycles. The van der Waals surface area contributed by atoms with E-state index in [4.69, 9.17) is 5.73 Å². The molecule has 0 atom stereocenters. The number of nitrogens with two attached hydrogens (primary N) is 1. The van der Waals surface area contributed by atoms with Crippen molar-refractivity contribution in [2.75, 3.05) is 50.9 Å². The summed E-state index contributed by atoms with van der Waals surface area (Å²) in [5.41, 5.74) is 7.47. The van der Waals surface area contributed by atoms with Crippen LogP contribution in [0.15, 0.2) is 24.3 Å². The molecule has 2 rings (SSSR count). The molecule has 2 N–H and O–H groups in total. The molecule has 0 spiro atoms. The summed E-state index contributed by atoms with van der Waals surface area (Å²) in [6, 6.07) is 7.65. The zero-order valence-corrected chi connectivity index (χ0v) is 12.1. The van der Waals surface area contributed by atoms with Gasteiger partial charge in [0.1, 0.15) is 0 Å². The van der Waals surface area contributed by atoms with E-state index in [1.165, 1.54) is 8.61 Å². The van der Waals surface area contributed by atoms with Crippen molar-refractivity contribution in [3.05, 3.63) is 24.3 Å². The van der Waals surface area contributed by atoms with Gasteiger partial charge in [-0.25, -0.2) is 0 Å². The first-order valence-corrected chi connectivity index (χ1v) is 7.59. The molecule has 0 unspecified atom stereocenters. The molecule has 6 nitrogen and oxygen atoms in total. The third-order valence-corrected chi connectivity index (χ3v) is 5.23. The summed E-state index contributed by atoms with van der Waals surface area (Å²) in [4.78, 5) is 2.17. The maximum atomic E-state index is 12.0. The molecule has 1 aliphatic heterocycles. The average molecular weight is 284 g/mol. The Labute approximate surface area is 114 Å². The summed E-state index contributed by atoms with van der Waals surface area (Å²) in [6.45, 7) is 2.39. The van der Waals surface area contributed by atoms with E-state index in [0.717, 1.165) is 11.4 Å². The highest BCUT2D eigenvalue weighted by Gasteiger charge is 2.28. The third-order valence-electron chi connectivity index (χ3n) is 3.28. The minimum Gasteiger partial charge on any atom is -0.399 e. The van der Waals surface area contributed by atoms with E-state index < -0.39 is 10.2 Å². The van der Waals surface area contributed by atoms with Crippen LogP contribution in [0.4, 0.5) is 11.4 Å². The Morgan fingerprint density at radius 2 is 1.58 bits per heavy atom. The van der Waals surface area contributed by atoms with E-state index in [-0.39, 0.29) is 0 Å². The zero-order chi connectivity index (χ0) is 14.0. The van der Waals surface area contributed by atoms with Crippen molar-refractivity contribution >= 4 is 21.6 Å². The normalized spacial score (nSPS) is 17.9. The van der Waals surface area contributed by atoms with Crippen molar-refractivity contribution in [1.29, 1.82) is 0 Å². The fraction of sp³-hybridized carbons (Fsp3) is 0.500. The molecule has 0 aromatic heterocycles. The summed E-state index contributed by atoms with van der Waals surface area (Å²) in [5, 5.41) is 0. The summed E-state index contributed by atoms with van der Waals surface area (Å²) in [7, 11) is -0.178. The SMILES string of the molecule is CN(C)S(=O)(=O)N1CCN(c2ccc(N)cc2)CC1. The number of rotatable bonds is 3. The average Bonchev–Trinajstić information content (AvgIpc) is 2.39. The van der Waals surface area contributed by atoms with Gasteiger partial charge in [0.15, 0.2) is 0 Å². The van der Waals surface area contributed by atoms with Gasteiger partial charge >= 0.3 is 0 Å². The van der Waals surface area contributed by atoms with Gasteiger partial charge in [0, 0.05) is 51.6 Å². The highest BCUT2D eigenvalue weighted by molar-refractivity contribution is 7.86.